The molecule has 19 heavy (non-hydrogen) atoms. The number of hydrogen-bond acceptors (Lipinski definition) is 2. The highest BCUT2D eigenvalue weighted by molar-refractivity contribution is 5.16. The zero-order valence-electron chi connectivity index (χ0n) is 12.1. The number of benzene rings is 1. The highest BCUT2D eigenvalue weighted by atomic mass is 19.1. The van der Waals surface area contributed by atoms with Gasteiger partial charge in [-0.05, 0) is 43.0 Å². The second-order valence-electron chi connectivity index (χ2n) is 5.04. The molecule has 1 N–H and O–H groups in total. The molecule has 0 saturated heterocycles. The summed E-state index contributed by atoms with van der Waals surface area (Å²) in [5.41, 5.74) is 1.22. The van der Waals surface area contributed by atoms with E-state index in [4.69, 9.17) is 4.74 Å². The Labute approximate surface area is 116 Å². The van der Waals surface area contributed by atoms with Crippen LogP contribution < -0.4 is 5.32 Å². The summed E-state index contributed by atoms with van der Waals surface area (Å²) < 4.78 is 17.9. The van der Waals surface area contributed by atoms with E-state index in [1.807, 2.05) is 12.1 Å². The van der Waals surface area contributed by atoms with Gasteiger partial charge in [-0.25, -0.2) is 4.39 Å². The fourth-order valence-corrected chi connectivity index (χ4v) is 2.20. The summed E-state index contributed by atoms with van der Waals surface area (Å²) in [6.45, 7) is 4.85. The molecule has 0 fully saturated rings. The van der Waals surface area contributed by atoms with Crippen LogP contribution in [0.25, 0.3) is 0 Å². The third kappa shape index (κ3) is 7.28. The Hall–Kier alpha value is -0.930. The van der Waals surface area contributed by atoms with E-state index in [0.717, 1.165) is 26.1 Å². The van der Waals surface area contributed by atoms with Crippen LogP contribution in [0.3, 0.4) is 0 Å². The summed E-state index contributed by atoms with van der Waals surface area (Å²) in [4.78, 5) is 0. The number of methoxy groups -OCH3 is 1. The lowest BCUT2D eigenvalue weighted by Crippen LogP contribution is -2.27. The molecule has 1 rings (SSSR count). The zero-order valence-corrected chi connectivity index (χ0v) is 12.1. The van der Waals surface area contributed by atoms with Gasteiger partial charge in [0, 0.05) is 13.7 Å². The van der Waals surface area contributed by atoms with Gasteiger partial charge < -0.3 is 10.1 Å². The summed E-state index contributed by atoms with van der Waals surface area (Å²) in [6.07, 6.45) is 4.70. The van der Waals surface area contributed by atoms with Crippen LogP contribution in [0, 0.1) is 11.7 Å². The van der Waals surface area contributed by atoms with Gasteiger partial charge in [0.25, 0.3) is 0 Å². The number of halogens is 1. The van der Waals surface area contributed by atoms with E-state index in [0.29, 0.717) is 5.92 Å². The number of rotatable bonds is 10. The lowest BCUT2D eigenvalue weighted by molar-refractivity contribution is 0.197. The fraction of sp³-hybridized carbons (Fsp3) is 0.625. The first-order chi connectivity index (χ1) is 9.26. The van der Waals surface area contributed by atoms with Crippen LogP contribution in [-0.4, -0.2) is 26.8 Å². The van der Waals surface area contributed by atoms with Gasteiger partial charge in [0.1, 0.15) is 5.82 Å². The molecule has 0 aliphatic heterocycles. The van der Waals surface area contributed by atoms with E-state index in [9.17, 15) is 4.39 Å². The van der Waals surface area contributed by atoms with Crippen LogP contribution in [0.5, 0.6) is 0 Å². The Morgan fingerprint density at radius 1 is 1.26 bits per heavy atom. The SMILES string of the molecule is CCCCC(CNCCOC)Cc1ccc(F)cc1. The van der Waals surface area contributed by atoms with E-state index in [1.54, 1.807) is 19.2 Å². The Morgan fingerprint density at radius 3 is 2.63 bits per heavy atom. The Balaban J connectivity index is 2.41. The van der Waals surface area contributed by atoms with Gasteiger partial charge in [0.2, 0.25) is 0 Å². The lowest BCUT2D eigenvalue weighted by Gasteiger charge is -2.17. The Bertz CT molecular complexity index is 326. The molecule has 1 unspecified atom stereocenters. The van der Waals surface area contributed by atoms with Gasteiger partial charge >= 0.3 is 0 Å². The number of unbranched alkanes of at least 4 members (excludes halogenated alkanes) is 1. The summed E-state index contributed by atoms with van der Waals surface area (Å²) in [6, 6.07) is 6.88. The third-order valence-electron chi connectivity index (χ3n) is 3.32. The molecule has 3 heteroatoms. The quantitative estimate of drug-likeness (QED) is 0.656. The molecule has 1 aromatic carbocycles. The first kappa shape index (κ1) is 16.1. The number of hydrogen-bond donors (Lipinski definition) is 1. The van der Waals surface area contributed by atoms with Crippen molar-refractivity contribution in [3.8, 4) is 0 Å². The molecule has 0 heterocycles. The second kappa shape index (κ2) is 9.93. The number of nitrogens with one attached hydrogen (secondary N) is 1. The fourth-order valence-electron chi connectivity index (χ4n) is 2.20. The topological polar surface area (TPSA) is 21.3 Å². The lowest BCUT2D eigenvalue weighted by atomic mass is 9.94. The molecule has 0 amide bonds. The van der Waals surface area contributed by atoms with E-state index in [1.165, 1.54) is 24.8 Å². The van der Waals surface area contributed by atoms with E-state index in [-0.39, 0.29) is 5.82 Å². The minimum Gasteiger partial charge on any atom is -0.383 e. The highest BCUT2D eigenvalue weighted by Gasteiger charge is 2.09. The van der Waals surface area contributed by atoms with E-state index in [2.05, 4.69) is 12.2 Å². The van der Waals surface area contributed by atoms with Crippen LogP contribution >= 0.6 is 0 Å². The molecule has 0 saturated carbocycles. The largest absolute Gasteiger partial charge is 0.383 e. The van der Waals surface area contributed by atoms with Crippen molar-refractivity contribution in [1.29, 1.82) is 0 Å². The molecule has 1 atom stereocenters. The maximum Gasteiger partial charge on any atom is 0.123 e. The molecular weight excluding hydrogens is 241 g/mol. The first-order valence-corrected chi connectivity index (χ1v) is 7.20. The average molecular weight is 267 g/mol. The van der Waals surface area contributed by atoms with Crippen molar-refractivity contribution in [3.05, 3.63) is 35.6 Å². The predicted molar refractivity (Wildman–Crippen MR) is 77.9 cm³/mol. The van der Waals surface area contributed by atoms with Crippen molar-refractivity contribution < 1.29 is 9.13 Å². The minimum atomic E-state index is -0.160. The highest BCUT2D eigenvalue weighted by Crippen LogP contribution is 2.15. The van der Waals surface area contributed by atoms with Crippen LogP contribution in [0.15, 0.2) is 24.3 Å². The molecule has 1 aromatic rings. The molecule has 0 radical (unpaired) electrons. The van der Waals surface area contributed by atoms with Crippen LogP contribution in [0.4, 0.5) is 4.39 Å². The van der Waals surface area contributed by atoms with Crippen molar-refractivity contribution in [3.63, 3.8) is 0 Å². The maximum absolute atomic E-state index is 12.9. The Kier molecular flexibility index (Phi) is 8.43. The molecule has 2 nitrogen and oxygen atoms in total. The summed E-state index contributed by atoms with van der Waals surface area (Å²) in [5.74, 6) is 0.453. The van der Waals surface area contributed by atoms with Gasteiger partial charge in [0.15, 0.2) is 0 Å². The standard InChI is InChI=1S/C16H26FNO/c1-3-4-5-15(13-18-10-11-19-2)12-14-6-8-16(17)9-7-14/h6-9,15,18H,3-5,10-13H2,1-2H3. The molecule has 0 aliphatic rings. The molecule has 0 aromatic heterocycles. The van der Waals surface area contributed by atoms with Crippen LogP contribution in [0.2, 0.25) is 0 Å². The van der Waals surface area contributed by atoms with Gasteiger partial charge in [-0.1, -0.05) is 31.9 Å². The normalized spacial score (nSPS) is 12.6. The smallest absolute Gasteiger partial charge is 0.123 e. The molecule has 108 valence electrons. The van der Waals surface area contributed by atoms with Gasteiger partial charge in [-0.2, -0.15) is 0 Å². The second-order valence-corrected chi connectivity index (χ2v) is 5.04. The van der Waals surface area contributed by atoms with Gasteiger partial charge in [-0.15, -0.1) is 0 Å². The van der Waals surface area contributed by atoms with Crippen molar-refractivity contribution in [2.45, 2.75) is 32.6 Å². The summed E-state index contributed by atoms with van der Waals surface area (Å²) >= 11 is 0. The molecule has 0 bridgehead atoms. The van der Waals surface area contributed by atoms with Crippen LogP contribution in [0.1, 0.15) is 31.7 Å². The Morgan fingerprint density at radius 2 is 2.00 bits per heavy atom. The van der Waals surface area contributed by atoms with Crippen LogP contribution in [-0.2, 0) is 11.2 Å². The van der Waals surface area contributed by atoms with Crippen molar-refractivity contribution in [2.24, 2.45) is 5.92 Å². The average Bonchev–Trinajstić information content (AvgIpc) is 2.43. The monoisotopic (exact) mass is 267 g/mol. The van der Waals surface area contributed by atoms with Crippen molar-refractivity contribution in [1.82, 2.24) is 5.32 Å². The van der Waals surface area contributed by atoms with Gasteiger partial charge in [-0.3, -0.25) is 0 Å². The number of ether oxygens (including phenoxy) is 1. The van der Waals surface area contributed by atoms with Crippen molar-refractivity contribution >= 4 is 0 Å². The van der Waals surface area contributed by atoms with E-state index < -0.39 is 0 Å². The maximum atomic E-state index is 12.9. The predicted octanol–water partition coefficient (Wildman–Crippen LogP) is 3.41. The molecular formula is C16H26FNO. The van der Waals surface area contributed by atoms with E-state index >= 15 is 0 Å². The third-order valence-corrected chi connectivity index (χ3v) is 3.32. The molecule has 0 spiro atoms. The summed E-state index contributed by atoms with van der Waals surface area (Å²) in [5, 5.41) is 3.43. The summed E-state index contributed by atoms with van der Waals surface area (Å²) in [7, 11) is 1.72. The van der Waals surface area contributed by atoms with Gasteiger partial charge in [0.05, 0.1) is 6.61 Å². The van der Waals surface area contributed by atoms with Crippen molar-refractivity contribution in [2.75, 3.05) is 26.8 Å². The molecule has 0 aliphatic carbocycles. The minimum absolute atomic E-state index is 0.160. The zero-order chi connectivity index (χ0) is 13.9. The first-order valence-electron chi connectivity index (χ1n) is 7.20.